The third kappa shape index (κ3) is 9.37. The number of anilines is 1. The molecule has 4 aromatic rings. The lowest BCUT2D eigenvalue weighted by atomic mass is 10.0. The van der Waals surface area contributed by atoms with Gasteiger partial charge in [0.15, 0.2) is 0 Å². The lowest BCUT2D eigenvalue weighted by Crippen LogP contribution is -2.53. The maximum atomic E-state index is 14.5. The van der Waals surface area contributed by atoms with E-state index in [1.165, 1.54) is 16.7 Å². The van der Waals surface area contributed by atoms with Gasteiger partial charge in [0.05, 0.1) is 10.6 Å². The van der Waals surface area contributed by atoms with Crippen LogP contribution in [0.15, 0.2) is 113 Å². The van der Waals surface area contributed by atoms with Crippen LogP contribution in [0.5, 0.6) is 0 Å². The molecule has 2 amide bonds. The molecule has 0 aliphatic heterocycles. The number of hydrogen-bond donors (Lipinski definition) is 1. The van der Waals surface area contributed by atoms with Gasteiger partial charge >= 0.3 is 0 Å². The molecule has 46 heavy (non-hydrogen) atoms. The van der Waals surface area contributed by atoms with E-state index >= 15 is 0 Å². The summed E-state index contributed by atoms with van der Waals surface area (Å²) in [4.78, 5) is 30.8. The van der Waals surface area contributed by atoms with Crippen LogP contribution < -0.4 is 9.62 Å². The Morgan fingerprint density at radius 3 is 2.13 bits per heavy atom. The first-order valence-corrected chi connectivity index (χ1v) is 18.3. The Labute approximate surface area is 282 Å². The topological polar surface area (TPSA) is 86.8 Å². The second kappa shape index (κ2) is 16.7. The second-order valence-electron chi connectivity index (χ2n) is 11.0. The number of nitrogens with zero attached hydrogens (tertiary/aromatic N) is 2. The molecule has 0 unspecified atom stereocenters. The van der Waals surface area contributed by atoms with Gasteiger partial charge in [-0.05, 0) is 79.3 Å². The number of thioether (sulfide) groups is 1. The molecule has 0 saturated heterocycles. The fourth-order valence-electron chi connectivity index (χ4n) is 4.96. The fraction of sp³-hybridized carbons (Fsp3) is 0.278. The Hall–Kier alpha value is -3.79. The van der Waals surface area contributed by atoms with Crippen molar-refractivity contribution in [3.63, 3.8) is 0 Å². The largest absolute Gasteiger partial charge is 0.354 e. The van der Waals surface area contributed by atoms with Crippen molar-refractivity contribution in [2.45, 2.75) is 55.5 Å². The van der Waals surface area contributed by atoms with Crippen molar-refractivity contribution < 1.29 is 18.0 Å². The number of nitrogens with one attached hydrogen (secondary N) is 1. The fourth-order valence-corrected chi connectivity index (χ4v) is 6.91. The molecule has 4 aromatic carbocycles. The summed E-state index contributed by atoms with van der Waals surface area (Å²) >= 11 is 7.67. The number of halogens is 1. The predicted molar refractivity (Wildman–Crippen MR) is 188 cm³/mol. The van der Waals surface area contributed by atoms with Gasteiger partial charge in [-0.1, -0.05) is 85.1 Å². The van der Waals surface area contributed by atoms with Crippen molar-refractivity contribution in [3.05, 3.63) is 125 Å². The molecule has 7 nitrogen and oxygen atoms in total. The van der Waals surface area contributed by atoms with E-state index in [2.05, 4.69) is 5.32 Å². The molecule has 0 aliphatic carbocycles. The number of rotatable bonds is 15. The van der Waals surface area contributed by atoms with E-state index in [9.17, 15) is 18.0 Å². The minimum absolute atomic E-state index is 0.0704. The average Bonchev–Trinajstić information content (AvgIpc) is 3.07. The van der Waals surface area contributed by atoms with Crippen LogP contribution in [0, 0.1) is 6.92 Å². The van der Waals surface area contributed by atoms with Gasteiger partial charge in [-0.25, -0.2) is 8.42 Å². The standard InChI is InChI=1S/C36H40ClN3O4S2/c1-4-5-23-38-36(42)34(24-28-9-7-6-8-10-28)39(25-29-13-15-30(37)16-14-29)35(41)26-40(31-17-11-27(2)12-18-31)46(43,44)33-21-19-32(45-3)20-22-33/h6-22,34H,4-5,23-26H2,1-3H3,(H,38,42)/t34-/m0/s1. The van der Waals surface area contributed by atoms with Crippen molar-refractivity contribution in [1.82, 2.24) is 10.2 Å². The van der Waals surface area contributed by atoms with Crippen molar-refractivity contribution in [3.8, 4) is 0 Å². The van der Waals surface area contributed by atoms with E-state index in [0.29, 0.717) is 17.3 Å². The smallest absolute Gasteiger partial charge is 0.264 e. The number of hydrogen-bond acceptors (Lipinski definition) is 5. The molecule has 1 N–H and O–H groups in total. The molecular weight excluding hydrogens is 638 g/mol. The van der Waals surface area contributed by atoms with Crippen LogP contribution in [0.2, 0.25) is 5.02 Å². The van der Waals surface area contributed by atoms with E-state index in [0.717, 1.165) is 38.7 Å². The predicted octanol–water partition coefficient (Wildman–Crippen LogP) is 7.12. The van der Waals surface area contributed by atoms with E-state index in [1.54, 1.807) is 60.7 Å². The number of unbranched alkanes of at least 4 members (excludes halogenated alkanes) is 1. The zero-order valence-electron chi connectivity index (χ0n) is 26.4. The molecule has 10 heteroatoms. The minimum atomic E-state index is -4.16. The number of aryl methyl sites for hydroxylation is 1. The van der Waals surface area contributed by atoms with Gasteiger partial charge in [-0.15, -0.1) is 11.8 Å². The molecule has 1 atom stereocenters. The minimum Gasteiger partial charge on any atom is -0.354 e. The maximum Gasteiger partial charge on any atom is 0.264 e. The Morgan fingerprint density at radius 2 is 1.52 bits per heavy atom. The van der Waals surface area contributed by atoms with E-state index < -0.39 is 28.5 Å². The maximum absolute atomic E-state index is 14.5. The number of sulfonamides is 1. The Kier molecular flexibility index (Phi) is 12.7. The Morgan fingerprint density at radius 1 is 0.870 bits per heavy atom. The SMILES string of the molecule is CCCCNC(=O)[C@H](Cc1ccccc1)N(Cc1ccc(Cl)cc1)C(=O)CN(c1ccc(C)cc1)S(=O)(=O)c1ccc(SC)cc1. The first kappa shape index (κ1) is 35.1. The van der Waals surface area contributed by atoms with Crippen LogP contribution >= 0.6 is 23.4 Å². The highest BCUT2D eigenvalue weighted by Crippen LogP contribution is 2.27. The van der Waals surface area contributed by atoms with Crippen LogP contribution in [0.4, 0.5) is 5.69 Å². The zero-order valence-corrected chi connectivity index (χ0v) is 28.7. The van der Waals surface area contributed by atoms with E-state index in [1.807, 2.05) is 62.6 Å². The van der Waals surface area contributed by atoms with Crippen LogP contribution in [0.1, 0.15) is 36.5 Å². The number of carbonyl (C=O) groups is 2. The van der Waals surface area contributed by atoms with Gasteiger partial charge < -0.3 is 10.2 Å². The third-order valence-electron chi connectivity index (χ3n) is 7.62. The molecule has 0 saturated carbocycles. The highest BCUT2D eigenvalue weighted by atomic mass is 35.5. The number of amides is 2. The summed E-state index contributed by atoms with van der Waals surface area (Å²) in [6.45, 7) is 4.00. The average molecular weight is 678 g/mol. The van der Waals surface area contributed by atoms with Crippen LogP contribution in [0.25, 0.3) is 0 Å². The van der Waals surface area contributed by atoms with Crippen LogP contribution in [-0.2, 0) is 32.6 Å². The molecule has 0 heterocycles. The molecule has 0 radical (unpaired) electrons. The van der Waals surface area contributed by atoms with Crippen LogP contribution in [-0.4, -0.2) is 50.5 Å². The van der Waals surface area contributed by atoms with Crippen molar-refractivity contribution in [1.29, 1.82) is 0 Å². The summed E-state index contributed by atoms with van der Waals surface area (Å²) in [6, 6.07) is 29.3. The van der Waals surface area contributed by atoms with Gasteiger partial charge in [0.1, 0.15) is 12.6 Å². The summed E-state index contributed by atoms with van der Waals surface area (Å²) in [7, 11) is -4.16. The molecule has 0 spiro atoms. The molecule has 242 valence electrons. The Balaban J connectivity index is 1.78. The lowest BCUT2D eigenvalue weighted by Gasteiger charge is -2.34. The molecule has 0 fully saturated rings. The summed E-state index contributed by atoms with van der Waals surface area (Å²) in [5, 5.41) is 3.55. The molecular formula is C36H40ClN3O4S2. The third-order valence-corrected chi connectivity index (χ3v) is 10.4. The van der Waals surface area contributed by atoms with Gasteiger partial charge in [0, 0.05) is 29.4 Å². The van der Waals surface area contributed by atoms with E-state index in [-0.39, 0.29) is 23.8 Å². The quantitative estimate of drug-likeness (QED) is 0.107. The summed E-state index contributed by atoms with van der Waals surface area (Å²) in [5.74, 6) is -0.802. The first-order chi connectivity index (χ1) is 22.1. The highest BCUT2D eigenvalue weighted by molar-refractivity contribution is 7.98. The Bertz CT molecular complexity index is 1680. The lowest BCUT2D eigenvalue weighted by molar-refractivity contribution is -0.140. The van der Waals surface area contributed by atoms with Gasteiger partial charge in [0.2, 0.25) is 11.8 Å². The molecule has 0 aromatic heterocycles. The number of carbonyl (C=O) groups excluding carboxylic acids is 2. The normalized spacial score (nSPS) is 11.9. The van der Waals surface area contributed by atoms with E-state index in [4.69, 9.17) is 11.6 Å². The van der Waals surface area contributed by atoms with Crippen molar-refractivity contribution in [2.75, 3.05) is 23.7 Å². The van der Waals surface area contributed by atoms with Crippen molar-refractivity contribution in [2.24, 2.45) is 0 Å². The molecule has 0 bridgehead atoms. The zero-order chi connectivity index (χ0) is 33.1. The summed E-state index contributed by atoms with van der Waals surface area (Å²) < 4.78 is 29.5. The van der Waals surface area contributed by atoms with Gasteiger partial charge in [-0.2, -0.15) is 0 Å². The van der Waals surface area contributed by atoms with Gasteiger partial charge in [0.25, 0.3) is 10.0 Å². The van der Waals surface area contributed by atoms with Crippen LogP contribution in [0.3, 0.4) is 0 Å². The first-order valence-electron chi connectivity index (χ1n) is 15.2. The summed E-state index contributed by atoms with van der Waals surface area (Å²) in [6.07, 6.45) is 3.87. The second-order valence-corrected chi connectivity index (χ2v) is 14.2. The molecule has 0 aliphatic rings. The van der Waals surface area contributed by atoms with Crippen molar-refractivity contribution >= 4 is 50.9 Å². The number of benzene rings is 4. The monoisotopic (exact) mass is 677 g/mol. The summed E-state index contributed by atoms with van der Waals surface area (Å²) in [5.41, 5.74) is 2.94. The van der Waals surface area contributed by atoms with Gasteiger partial charge in [-0.3, -0.25) is 13.9 Å². The highest BCUT2D eigenvalue weighted by Gasteiger charge is 2.34. The molecule has 4 rings (SSSR count).